The molecule has 26 heavy (non-hydrogen) atoms. The summed E-state index contributed by atoms with van der Waals surface area (Å²) in [5.41, 5.74) is 3.25. The van der Waals surface area contributed by atoms with Gasteiger partial charge in [0.25, 0.3) is 5.91 Å². The lowest BCUT2D eigenvalue weighted by Gasteiger charge is -2.28. The zero-order valence-electron chi connectivity index (χ0n) is 14.2. The van der Waals surface area contributed by atoms with E-state index in [-0.39, 0.29) is 0 Å². The van der Waals surface area contributed by atoms with Gasteiger partial charge >= 0.3 is 6.03 Å². The first-order valence-electron chi connectivity index (χ1n) is 7.92. The predicted molar refractivity (Wildman–Crippen MR) is 108 cm³/mol. The maximum atomic E-state index is 12.7. The third-order valence-corrected chi connectivity index (χ3v) is 4.87. The van der Waals surface area contributed by atoms with Gasteiger partial charge < -0.3 is 0 Å². The van der Waals surface area contributed by atoms with Crippen LogP contribution < -0.4 is 10.2 Å². The highest BCUT2D eigenvalue weighted by Gasteiger charge is 2.40. The van der Waals surface area contributed by atoms with Crippen molar-refractivity contribution >= 4 is 58.0 Å². The van der Waals surface area contributed by atoms with E-state index >= 15 is 0 Å². The van der Waals surface area contributed by atoms with Gasteiger partial charge in [0.05, 0.1) is 11.4 Å². The smallest absolute Gasteiger partial charge is 0.276 e. The van der Waals surface area contributed by atoms with Gasteiger partial charge in [0.1, 0.15) is 0 Å². The molecule has 3 rings (SSSR count). The van der Waals surface area contributed by atoms with E-state index < -0.39 is 23.8 Å². The number of imide groups is 2. The standard InChI is InChI=1S/C19H16IN3O3/c1-11-3-6-14(9-12(11)2)21-10-16-17(24)22-19(26)23(18(16)25)15-7-4-13(20)5-8-15/h3-10,16H,1-2H3,(H,22,24,26)/t16-/m1/s1. The van der Waals surface area contributed by atoms with E-state index in [0.29, 0.717) is 11.4 Å². The van der Waals surface area contributed by atoms with Crippen LogP contribution in [0.25, 0.3) is 0 Å². The van der Waals surface area contributed by atoms with Gasteiger partial charge in [-0.1, -0.05) is 6.07 Å². The average molecular weight is 461 g/mol. The van der Waals surface area contributed by atoms with Crippen molar-refractivity contribution in [3.05, 3.63) is 57.2 Å². The molecule has 1 saturated heterocycles. The molecule has 132 valence electrons. The summed E-state index contributed by atoms with van der Waals surface area (Å²) in [6.45, 7) is 3.95. The van der Waals surface area contributed by atoms with Gasteiger partial charge in [0, 0.05) is 9.78 Å². The number of nitrogens with one attached hydrogen (secondary N) is 1. The predicted octanol–water partition coefficient (Wildman–Crippen LogP) is 3.51. The van der Waals surface area contributed by atoms with E-state index in [9.17, 15) is 14.4 Å². The number of benzene rings is 2. The molecule has 1 atom stereocenters. The van der Waals surface area contributed by atoms with Crippen LogP contribution in [0.4, 0.5) is 16.2 Å². The zero-order valence-corrected chi connectivity index (χ0v) is 16.4. The Morgan fingerprint density at radius 3 is 2.38 bits per heavy atom. The summed E-state index contributed by atoms with van der Waals surface area (Å²) in [5, 5.41) is 2.21. The molecule has 0 spiro atoms. The summed E-state index contributed by atoms with van der Waals surface area (Å²) in [6.07, 6.45) is 1.29. The molecule has 0 saturated carbocycles. The first kappa shape index (κ1) is 18.2. The van der Waals surface area contributed by atoms with Gasteiger partial charge in [0.15, 0.2) is 5.92 Å². The monoisotopic (exact) mass is 461 g/mol. The maximum Gasteiger partial charge on any atom is 0.335 e. The van der Waals surface area contributed by atoms with E-state index in [1.807, 2.05) is 32.0 Å². The number of hydrogen-bond acceptors (Lipinski definition) is 4. The summed E-state index contributed by atoms with van der Waals surface area (Å²) in [6, 6.07) is 11.7. The molecule has 6 nitrogen and oxygen atoms in total. The number of hydrogen-bond donors (Lipinski definition) is 1. The molecule has 0 aliphatic carbocycles. The Morgan fingerprint density at radius 2 is 1.73 bits per heavy atom. The van der Waals surface area contributed by atoms with E-state index in [1.165, 1.54) is 6.21 Å². The summed E-state index contributed by atoms with van der Waals surface area (Å²) in [7, 11) is 0. The molecule has 0 aromatic heterocycles. The minimum Gasteiger partial charge on any atom is -0.276 e. The second kappa shape index (κ2) is 7.36. The molecule has 1 N–H and O–H groups in total. The largest absolute Gasteiger partial charge is 0.335 e. The number of nitrogens with zero attached hydrogens (tertiary/aromatic N) is 2. The lowest BCUT2D eigenvalue weighted by molar-refractivity contribution is -0.131. The van der Waals surface area contributed by atoms with Crippen LogP contribution in [0.3, 0.4) is 0 Å². The fourth-order valence-corrected chi connectivity index (χ4v) is 2.88. The number of aliphatic imine (C=N–C) groups is 1. The van der Waals surface area contributed by atoms with Crippen LogP contribution in [-0.2, 0) is 9.59 Å². The van der Waals surface area contributed by atoms with Gasteiger partial charge in [-0.2, -0.15) is 0 Å². The number of carbonyl (C=O) groups excluding carboxylic acids is 3. The molecule has 4 amide bonds. The third-order valence-electron chi connectivity index (χ3n) is 4.15. The Morgan fingerprint density at radius 1 is 1.04 bits per heavy atom. The van der Waals surface area contributed by atoms with Crippen LogP contribution in [0, 0.1) is 23.3 Å². The molecule has 7 heteroatoms. The van der Waals surface area contributed by atoms with Crippen molar-refractivity contribution in [1.82, 2.24) is 5.32 Å². The quantitative estimate of drug-likeness (QED) is 0.432. The third kappa shape index (κ3) is 3.67. The molecule has 0 unspecified atom stereocenters. The van der Waals surface area contributed by atoms with Crippen molar-refractivity contribution in [3.8, 4) is 0 Å². The maximum absolute atomic E-state index is 12.7. The SMILES string of the molecule is Cc1ccc(N=C[C@@H]2C(=O)NC(=O)N(c3ccc(I)cc3)C2=O)cc1C. The fourth-order valence-electron chi connectivity index (χ4n) is 2.52. The highest BCUT2D eigenvalue weighted by molar-refractivity contribution is 14.1. The normalized spacial score (nSPS) is 17.7. The number of anilines is 1. The average Bonchev–Trinajstić information content (AvgIpc) is 2.59. The minimum atomic E-state index is -1.16. The Kier molecular flexibility index (Phi) is 5.17. The lowest BCUT2D eigenvalue weighted by atomic mass is 10.1. The molecule has 2 aromatic carbocycles. The van der Waals surface area contributed by atoms with Crippen molar-refractivity contribution in [2.45, 2.75) is 13.8 Å². The highest BCUT2D eigenvalue weighted by atomic mass is 127. The van der Waals surface area contributed by atoms with E-state index in [1.54, 1.807) is 24.3 Å². The molecule has 1 heterocycles. The van der Waals surface area contributed by atoms with Crippen LogP contribution in [-0.4, -0.2) is 24.1 Å². The van der Waals surface area contributed by atoms with Crippen molar-refractivity contribution in [3.63, 3.8) is 0 Å². The van der Waals surface area contributed by atoms with Crippen LogP contribution in [0.2, 0.25) is 0 Å². The van der Waals surface area contributed by atoms with Crippen LogP contribution in [0.1, 0.15) is 11.1 Å². The summed E-state index contributed by atoms with van der Waals surface area (Å²) in [4.78, 5) is 42.2. The number of halogens is 1. The molecule has 2 aromatic rings. The Balaban J connectivity index is 1.88. The molecule has 1 aliphatic rings. The fraction of sp³-hybridized carbons (Fsp3) is 0.158. The molecular weight excluding hydrogens is 445 g/mol. The first-order chi connectivity index (χ1) is 12.4. The number of rotatable bonds is 3. The second-order valence-electron chi connectivity index (χ2n) is 5.97. The number of barbiturate groups is 1. The van der Waals surface area contributed by atoms with Gasteiger partial charge in [0.2, 0.25) is 5.91 Å². The summed E-state index contributed by atoms with van der Waals surface area (Å²) < 4.78 is 0.972. The summed E-state index contributed by atoms with van der Waals surface area (Å²) >= 11 is 2.13. The van der Waals surface area contributed by atoms with Crippen LogP contribution in [0.5, 0.6) is 0 Å². The zero-order chi connectivity index (χ0) is 18.8. The molecule has 1 fully saturated rings. The van der Waals surface area contributed by atoms with E-state index in [4.69, 9.17) is 0 Å². The van der Waals surface area contributed by atoms with Crippen LogP contribution in [0.15, 0.2) is 47.5 Å². The molecule has 0 bridgehead atoms. The lowest BCUT2D eigenvalue weighted by Crippen LogP contribution is -2.58. The molecular formula is C19H16IN3O3. The van der Waals surface area contributed by atoms with E-state index in [2.05, 4.69) is 32.9 Å². The highest BCUT2D eigenvalue weighted by Crippen LogP contribution is 2.22. The number of aryl methyl sites for hydroxylation is 2. The minimum absolute atomic E-state index is 0.407. The number of urea groups is 1. The van der Waals surface area contributed by atoms with Crippen molar-refractivity contribution in [1.29, 1.82) is 0 Å². The summed E-state index contributed by atoms with van der Waals surface area (Å²) in [5.74, 6) is -2.45. The Bertz CT molecular complexity index is 922. The topological polar surface area (TPSA) is 78.8 Å². The Hall–Kier alpha value is -2.55. The number of carbonyl (C=O) groups is 3. The van der Waals surface area contributed by atoms with Gasteiger partial charge in [-0.25, -0.2) is 9.69 Å². The van der Waals surface area contributed by atoms with Crippen molar-refractivity contribution in [2.75, 3.05) is 4.90 Å². The molecule has 1 aliphatic heterocycles. The molecule has 0 radical (unpaired) electrons. The first-order valence-corrected chi connectivity index (χ1v) is 9.00. The van der Waals surface area contributed by atoms with E-state index in [0.717, 1.165) is 19.6 Å². The second-order valence-corrected chi connectivity index (χ2v) is 7.21. The Labute approximate surface area is 164 Å². The van der Waals surface area contributed by atoms with Gasteiger partial charge in [-0.15, -0.1) is 0 Å². The van der Waals surface area contributed by atoms with Crippen molar-refractivity contribution < 1.29 is 14.4 Å². The van der Waals surface area contributed by atoms with Gasteiger partial charge in [-0.05, 0) is 84.0 Å². The van der Waals surface area contributed by atoms with Crippen LogP contribution >= 0.6 is 22.6 Å². The van der Waals surface area contributed by atoms with Gasteiger partial charge in [-0.3, -0.25) is 19.9 Å². The van der Waals surface area contributed by atoms with Crippen molar-refractivity contribution in [2.24, 2.45) is 10.9 Å². The number of amides is 4.